The molecule has 3 heterocycles. The number of hydrogen-bond acceptors (Lipinski definition) is 2. The van der Waals surface area contributed by atoms with Crippen molar-refractivity contribution in [2.75, 3.05) is 13.1 Å². The highest BCUT2D eigenvalue weighted by atomic mass is 35.5. The fourth-order valence-electron chi connectivity index (χ4n) is 4.87. The molecule has 1 saturated carbocycles. The van der Waals surface area contributed by atoms with E-state index in [2.05, 4.69) is 13.8 Å². The maximum Gasteiger partial charge on any atom is 0.250 e. The third kappa shape index (κ3) is 2.83. The first-order valence-corrected chi connectivity index (χ1v) is 9.56. The minimum Gasteiger partial charge on any atom is -0.341 e. The summed E-state index contributed by atoms with van der Waals surface area (Å²) in [5, 5.41) is 0. The SMILES string of the molecule is CC1(C)C(C=C(Cl)Cl)C1C(=O)N1CC2CC(C1)c1cccc(=O)n1C2. The summed E-state index contributed by atoms with van der Waals surface area (Å²) in [7, 11) is 0. The lowest BCUT2D eigenvalue weighted by molar-refractivity contribution is -0.136. The fraction of sp³-hybridized carbons (Fsp3) is 0.579. The summed E-state index contributed by atoms with van der Waals surface area (Å²) in [6.07, 6.45) is 2.85. The Balaban J connectivity index is 1.56. The third-order valence-electron chi connectivity index (χ3n) is 6.27. The molecule has 1 aromatic heterocycles. The van der Waals surface area contributed by atoms with Gasteiger partial charge in [0.2, 0.25) is 5.91 Å². The molecule has 4 unspecified atom stereocenters. The lowest BCUT2D eigenvalue weighted by Gasteiger charge is -2.43. The lowest BCUT2D eigenvalue weighted by Crippen LogP contribution is -2.49. The molecule has 25 heavy (non-hydrogen) atoms. The molecule has 4 rings (SSSR count). The molecular formula is C19H22Cl2N2O2. The topological polar surface area (TPSA) is 42.3 Å². The molecule has 1 amide bonds. The number of halogens is 2. The van der Waals surface area contributed by atoms with Crippen molar-refractivity contribution >= 4 is 29.1 Å². The van der Waals surface area contributed by atoms with Gasteiger partial charge in [0, 0.05) is 37.3 Å². The highest BCUT2D eigenvalue weighted by Gasteiger charge is 2.61. The second-order valence-electron chi connectivity index (χ2n) is 8.22. The smallest absolute Gasteiger partial charge is 0.250 e. The van der Waals surface area contributed by atoms with Gasteiger partial charge in [-0.2, -0.15) is 0 Å². The number of allylic oxidation sites excluding steroid dienone is 1. The van der Waals surface area contributed by atoms with Gasteiger partial charge in [-0.05, 0) is 35.8 Å². The Hall–Kier alpha value is -1.26. The Morgan fingerprint density at radius 2 is 2.00 bits per heavy atom. The summed E-state index contributed by atoms with van der Waals surface area (Å²) in [4.78, 5) is 27.2. The highest BCUT2D eigenvalue weighted by Crippen LogP contribution is 2.60. The standard InChI is InChI=1S/C19H22Cl2N2O2/c1-19(2)13(7-15(20)21)17(19)18(25)22-8-11-6-12(10-22)14-4-3-5-16(24)23(14)9-11/h3-5,7,11-13,17H,6,8-10H2,1-2H3. The third-order valence-corrected chi connectivity index (χ3v) is 6.53. The van der Waals surface area contributed by atoms with Crippen molar-refractivity contribution in [3.8, 4) is 0 Å². The molecule has 6 heteroatoms. The van der Waals surface area contributed by atoms with Gasteiger partial charge in [0.05, 0.1) is 5.92 Å². The maximum absolute atomic E-state index is 13.1. The van der Waals surface area contributed by atoms with E-state index < -0.39 is 0 Å². The Labute approximate surface area is 157 Å². The quantitative estimate of drug-likeness (QED) is 0.788. The van der Waals surface area contributed by atoms with Gasteiger partial charge in [0.25, 0.3) is 5.56 Å². The summed E-state index contributed by atoms with van der Waals surface area (Å²) in [5.74, 6) is 0.835. The molecule has 0 aromatic carbocycles. The molecule has 1 aliphatic carbocycles. The van der Waals surface area contributed by atoms with Crippen molar-refractivity contribution in [3.05, 3.63) is 44.8 Å². The number of carbonyl (C=O) groups is 1. The summed E-state index contributed by atoms with van der Waals surface area (Å²) in [6.45, 7) is 6.31. The lowest BCUT2D eigenvalue weighted by atomic mass is 9.83. The van der Waals surface area contributed by atoms with Gasteiger partial charge in [0.1, 0.15) is 4.49 Å². The van der Waals surface area contributed by atoms with Crippen LogP contribution >= 0.6 is 23.2 Å². The van der Waals surface area contributed by atoms with E-state index in [0.717, 1.165) is 18.7 Å². The van der Waals surface area contributed by atoms with Crippen molar-refractivity contribution in [2.24, 2.45) is 23.2 Å². The van der Waals surface area contributed by atoms with Crippen LogP contribution in [-0.4, -0.2) is 28.5 Å². The molecular weight excluding hydrogens is 359 g/mol. The molecule has 2 fully saturated rings. The predicted molar refractivity (Wildman–Crippen MR) is 98.7 cm³/mol. The van der Waals surface area contributed by atoms with Crippen molar-refractivity contribution in [3.63, 3.8) is 0 Å². The number of nitrogens with zero attached hydrogens (tertiary/aromatic N) is 2. The number of aromatic nitrogens is 1. The van der Waals surface area contributed by atoms with Crippen LogP contribution < -0.4 is 5.56 Å². The number of hydrogen-bond donors (Lipinski definition) is 0. The normalized spacial score (nSPS) is 31.9. The first kappa shape index (κ1) is 17.2. The first-order valence-electron chi connectivity index (χ1n) is 8.80. The van der Waals surface area contributed by atoms with E-state index in [1.807, 2.05) is 21.6 Å². The number of piperidine rings is 1. The molecule has 0 N–H and O–H groups in total. The molecule has 0 spiro atoms. The van der Waals surface area contributed by atoms with E-state index >= 15 is 0 Å². The van der Waals surface area contributed by atoms with E-state index in [0.29, 0.717) is 19.0 Å². The minimum absolute atomic E-state index is 0.0585. The van der Waals surface area contributed by atoms with Crippen LogP contribution in [0.1, 0.15) is 31.9 Å². The van der Waals surface area contributed by atoms with Gasteiger partial charge in [-0.15, -0.1) is 0 Å². The Bertz CT molecular complexity index is 810. The van der Waals surface area contributed by atoms with Gasteiger partial charge < -0.3 is 9.47 Å². The van der Waals surface area contributed by atoms with Crippen LogP contribution in [0, 0.1) is 23.2 Å². The van der Waals surface area contributed by atoms with Crippen LogP contribution in [0.5, 0.6) is 0 Å². The molecule has 3 aliphatic rings. The van der Waals surface area contributed by atoms with Crippen molar-refractivity contribution in [1.82, 2.24) is 9.47 Å². The monoisotopic (exact) mass is 380 g/mol. The average Bonchev–Trinajstić information content (AvgIpc) is 3.07. The molecule has 0 radical (unpaired) electrons. The molecule has 2 aliphatic heterocycles. The molecule has 2 bridgehead atoms. The van der Waals surface area contributed by atoms with Crippen molar-refractivity contribution in [1.29, 1.82) is 0 Å². The van der Waals surface area contributed by atoms with Crippen LogP contribution in [0.3, 0.4) is 0 Å². The Kier molecular flexibility index (Phi) is 4.04. The second kappa shape index (κ2) is 5.88. The van der Waals surface area contributed by atoms with Gasteiger partial charge >= 0.3 is 0 Å². The predicted octanol–water partition coefficient (Wildman–Crippen LogP) is 3.39. The number of fused-ring (bicyclic) bond motifs is 4. The van der Waals surface area contributed by atoms with Crippen molar-refractivity contribution < 1.29 is 4.79 Å². The molecule has 4 atom stereocenters. The second-order valence-corrected chi connectivity index (χ2v) is 9.23. The van der Waals surface area contributed by atoms with Gasteiger partial charge in [0.15, 0.2) is 0 Å². The Morgan fingerprint density at radius 3 is 2.72 bits per heavy atom. The number of rotatable bonds is 2. The van der Waals surface area contributed by atoms with Gasteiger partial charge in [-0.25, -0.2) is 0 Å². The molecule has 134 valence electrons. The van der Waals surface area contributed by atoms with Crippen LogP contribution in [0.15, 0.2) is 33.6 Å². The number of carbonyl (C=O) groups excluding carboxylic acids is 1. The summed E-state index contributed by atoms with van der Waals surface area (Å²) in [5.41, 5.74) is 1.03. The highest BCUT2D eigenvalue weighted by molar-refractivity contribution is 6.55. The zero-order chi connectivity index (χ0) is 17.9. The summed E-state index contributed by atoms with van der Waals surface area (Å²) in [6, 6.07) is 5.46. The van der Waals surface area contributed by atoms with Crippen LogP contribution in [0.4, 0.5) is 0 Å². The minimum atomic E-state index is -0.104. The number of pyridine rings is 1. The fourth-order valence-corrected chi connectivity index (χ4v) is 5.14. The molecule has 1 saturated heterocycles. The van der Waals surface area contributed by atoms with E-state index in [1.165, 1.54) is 0 Å². The van der Waals surface area contributed by atoms with Crippen LogP contribution in [0.2, 0.25) is 0 Å². The zero-order valence-corrected chi connectivity index (χ0v) is 15.9. The van der Waals surface area contributed by atoms with E-state index in [-0.39, 0.29) is 39.1 Å². The zero-order valence-electron chi connectivity index (χ0n) is 14.4. The van der Waals surface area contributed by atoms with E-state index in [4.69, 9.17) is 23.2 Å². The largest absolute Gasteiger partial charge is 0.341 e. The summed E-state index contributed by atoms with van der Waals surface area (Å²) < 4.78 is 2.12. The van der Waals surface area contributed by atoms with E-state index in [9.17, 15) is 9.59 Å². The van der Waals surface area contributed by atoms with E-state index in [1.54, 1.807) is 12.1 Å². The number of likely N-dealkylation sites (tertiary alicyclic amines) is 1. The summed E-state index contributed by atoms with van der Waals surface area (Å²) >= 11 is 11.6. The average molecular weight is 381 g/mol. The molecule has 4 nitrogen and oxygen atoms in total. The molecule has 1 aromatic rings. The van der Waals surface area contributed by atoms with Crippen LogP contribution in [0.25, 0.3) is 0 Å². The van der Waals surface area contributed by atoms with Crippen molar-refractivity contribution in [2.45, 2.75) is 32.7 Å². The van der Waals surface area contributed by atoms with Gasteiger partial charge in [-0.1, -0.05) is 43.1 Å². The maximum atomic E-state index is 13.1. The van der Waals surface area contributed by atoms with Gasteiger partial charge in [-0.3, -0.25) is 9.59 Å². The number of amides is 1. The van der Waals surface area contributed by atoms with Crippen LogP contribution in [-0.2, 0) is 11.3 Å². The first-order chi connectivity index (χ1) is 11.8. The Morgan fingerprint density at radius 1 is 1.24 bits per heavy atom.